The van der Waals surface area contributed by atoms with E-state index in [0.717, 1.165) is 25.1 Å². The normalized spacial score (nSPS) is 26.5. The third-order valence-electron chi connectivity index (χ3n) is 5.92. The van der Waals surface area contributed by atoms with Gasteiger partial charge in [-0.2, -0.15) is 0 Å². The molecule has 2 aromatic rings. The third kappa shape index (κ3) is 3.15. The Hall–Kier alpha value is -2.49. The van der Waals surface area contributed by atoms with Crippen molar-refractivity contribution >= 4 is 11.6 Å². The first-order chi connectivity index (χ1) is 13.7. The molecule has 28 heavy (non-hydrogen) atoms. The lowest BCUT2D eigenvalue weighted by Crippen LogP contribution is -2.49. The molecule has 1 aromatic carbocycles. The second-order valence-corrected chi connectivity index (χ2v) is 7.70. The Morgan fingerprint density at radius 2 is 2.18 bits per heavy atom. The van der Waals surface area contributed by atoms with Crippen molar-refractivity contribution in [1.82, 2.24) is 30.7 Å². The second-order valence-electron chi connectivity index (χ2n) is 7.70. The van der Waals surface area contributed by atoms with Crippen molar-refractivity contribution in [2.24, 2.45) is 0 Å². The molecule has 0 radical (unpaired) electrons. The average molecular weight is 383 g/mol. The van der Waals surface area contributed by atoms with Gasteiger partial charge in [-0.25, -0.2) is 9.69 Å². The molecule has 0 unspecified atom stereocenters. The summed E-state index contributed by atoms with van der Waals surface area (Å²) in [5.41, 5.74) is 6.32. The van der Waals surface area contributed by atoms with Gasteiger partial charge >= 0.3 is 0 Å². The van der Waals surface area contributed by atoms with Gasteiger partial charge in [0.1, 0.15) is 6.54 Å². The number of nitrogens with zero attached hydrogens (tertiary/aromatic N) is 4. The van der Waals surface area contributed by atoms with Crippen molar-refractivity contribution in [1.29, 1.82) is 0 Å². The zero-order valence-corrected chi connectivity index (χ0v) is 15.7. The number of hydrazine groups is 1. The molecule has 5 rings (SSSR count). The Balaban J connectivity index is 1.27. The average Bonchev–Trinajstić information content (AvgIpc) is 3.37. The lowest BCUT2D eigenvalue weighted by atomic mass is 9.76. The van der Waals surface area contributed by atoms with Crippen LogP contribution in [-0.2, 0) is 27.9 Å². The van der Waals surface area contributed by atoms with Crippen molar-refractivity contribution in [3.05, 3.63) is 41.7 Å². The molecule has 9 nitrogen and oxygen atoms in total. The predicted octanol–water partition coefficient (Wildman–Crippen LogP) is -0.133. The molecule has 4 heterocycles. The van der Waals surface area contributed by atoms with Crippen LogP contribution >= 0.6 is 0 Å². The minimum Gasteiger partial charge on any atom is -0.379 e. The summed E-state index contributed by atoms with van der Waals surface area (Å²) < 4.78 is 6.91. The molecule has 3 N–H and O–H groups in total. The zero-order valence-electron chi connectivity index (χ0n) is 15.7. The molecule has 148 valence electrons. The van der Waals surface area contributed by atoms with Gasteiger partial charge in [0, 0.05) is 36.8 Å². The quantitative estimate of drug-likeness (QED) is 0.662. The highest BCUT2D eigenvalue weighted by atomic mass is 16.5. The number of carbonyl (C=O) groups excluding carboxylic acids is 1. The molecule has 1 aromatic heterocycles. The number of amides is 1. The van der Waals surface area contributed by atoms with Crippen LogP contribution in [0.2, 0.25) is 0 Å². The maximum absolute atomic E-state index is 12.3. The Morgan fingerprint density at radius 1 is 1.32 bits per heavy atom. The van der Waals surface area contributed by atoms with E-state index in [-0.39, 0.29) is 24.0 Å². The predicted molar refractivity (Wildman–Crippen MR) is 102 cm³/mol. The highest BCUT2D eigenvalue weighted by Gasteiger charge is 2.50. The fourth-order valence-electron chi connectivity index (χ4n) is 4.60. The van der Waals surface area contributed by atoms with Crippen LogP contribution in [0.5, 0.6) is 0 Å². The van der Waals surface area contributed by atoms with Gasteiger partial charge in [-0.1, -0.05) is 23.4 Å². The number of anilines is 1. The van der Waals surface area contributed by atoms with Crippen LogP contribution in [0.25, 0.3) is 0 Å². The smallest absolute Gasteiger partial charge is 0.256 e. The first-order valence-corrected chi connectivity index (χ1v) is 9.84. The van der Waals surface area contributed by atoms with Crippen molar-refractivity contribution in [2.45, 2.75) is 31.0 Å². The minimum absolute atomic E-state index is 0.0203. The van der Waals surface area contributed by atoms with Crippen molar-refractivity contribution in [3.8, 4) is 0 Å². The fourth-order valence-corrected chi connectivity index (χ4v) is 4.60. The lowest BCUT2D eigenvalue weighted by Gasteiger charge is -2.28. The van der Waals surface area contributed by atoms with Gasteiger partial charge in [-0.3, -0.25) is 15.5 Å². The zero-order chi connectivity index (χ0) is 19.0. The Kier molecular flexibility index (Phi) is 4.50. The van der Waals surface area contributed by atoms with Crippen LogP contribution in [0.4, 0.5) is 5.69 Å². The maximum atomic E-state index is 12.3. The molecule has 0 bridgehead atoms. The molecule has 2 saturated heterocycles. The number of rotatable bonds is 5. The molecular formula is C19H25N7O2. The number of hydrogen-bond donors (Lipinski definition) is 3. The van der Waals surface area contributed by atoms with Crippen molar-refractivity contribution in [3.63, 3.8) is 0 Å². The summed E-state index contributed by atoms with van der Waals surface area (Å²) in [6, 6.07) is 8.49. The fraction of sp³-hybridized carbons (Fsp3) is 0.526. The minimum atomic E-state index is -0.0928. The van der Waals surface area contributed by atoms with Crippen LogP contribution in [-0.4, -0.2) is 64.9 Å². The summed E-state index contributed by atoms with van der Waals surface area (Å²) in [6.45, 7) is 3.83. The number of para-hydroxylation sites is 1. The molecule has 2 atom stereocenters. The largest absolute Gasteiger partial charge is 0.379 e. The van der Waals surface area contributed by atoms with Crippen LogP contribution in [0.15, 0.2) is 30.5 Å². The number of benzene rings is 1. The Labute approximate surface area is 163 Å². The van der Waals surface area contributed by atoms with E-state index >= 15 is 0 Å². The van der Waals surface area contributed by atoms with E-state index in [1.165, 1.54) is 11.3 Å². The molecule has 0 saturated carbocycles. The summed E-state index contributed by atoms with van der Waals surface area (Å²) in [5.74, 6) is -0.0928. The second kappa shape index (κ2) is 7.16. The van der Waals surface area contributed by atoms with E-state index in [0.29, 0.717) is 26.3 Å². The lowest BCUT2D eigenvalue weighted by molar-refractivity contribution is -0.128. The van der Waals surface area contributed by atoms with Crippen LogP contribution < -0.4 is 16.1 Å². The number of ether oxygens (including phenoxy) is 1. The molecule has 0 aliphatic carbocycles. The molecule has 9 heteroatoms. The van der Waals surface area contributed by atoms with E-state index in [4.69, 9.17) is 4.74 Å². The monoisotopic (exact) mass is 383 g/mol. The number of morpholine rings is 1. The van der Waals surface area contributed by atoms with Crippen LogP contribution in [0.1, 0.15) is 17.7 Å². The topological polar surface area (TPSA) is 96.3 Å². The van der Waals surface area contributed by atoms with Crippen LogP contribution in [0.3, 0.4) is 0 Å². The van der Waals surface area contributed by atoms with E-state index in [2.05, 4.69) is 50.6 Å². The van der Waals surface area contributed by atoms with Crippen molar-refractivity contribution < 1.29 is 9.53 Å². The number of aromatic nitrogens is 3. The van der Waals surface area contributed by atoms with Crippen molar-refractivity contribution in [2.75, 3.05) is 38.2 Å². The summed E-state index contributed by atoms with van der Waals surface area (Å²) in [6.07, 6.45) is 3.94. The number of carbonyl (C=O) groups is 1. The van der Waals surface area contributed by atoms with E-state index in [9.17, 15) is 4.79 Å². The van der Waals surface area contributed by atoms with E-state index < -0.39 is 0 Å². The first-order valence-electron chi connectivity index (χ1n) is 9.84. The van der Waals surface area contributed by atoms with Gasteiger partial charge in [0.15, 0.2) is 0 Å². The molecular weight excluding hydrogens is 358 g/mol. The maximum Gasteiger partial charge on any atom is 0.256 e. The van der Waals surface area contributed by atoms with Gasteiger partial charge in [0.05, 0.1) is 25.1 Å². The molecule has 1 amide bonds. The highest BCUT2D eigenvalue weighted by Crippen LogP contribution is 2.46. The molecule has 0 spiro atoms. The summed E-state index contributed by atoms with van der Waals surface area (Å²) >= 11 is 0. The third-order valence-corrected chi connectivity index (χ3v) is 5.92. The molecule has 2 fully saturated rings. The Morgan fingerprint density at radius 3 is 3.07 bits per heavy atom. The van der Waals surface area contributed by atoms with Gasteiger partial charge in [-0.15, -0.1) is 5.10 Å². The van der Waals surface area contributed by atoms with Gasteiger partial charge in [0.25, 0.3) is 5.91 Å². The Bertz CT molecular complexity index is 863. The van der Waals surface area contributed by atoms with E-state index in [1.54, 1.807) is 4.68 Å². The summed E-state index contributed by atoms with van der Waals surface area (Å²) in [7, 11) is 0. The first kappa shape index (κ1) is 17.6. The molecule has 3 aliphatic heterocycles. The summed E-state index contributed by atoms with van der Waals surface area (Å²) in [5, 5.41) is 17.6. The SMILES string of the molecule is O=C(Cn1cc(C[C@@]23CCN[C@@H]2Nc2ccccc23)nn1)NN1CCOCC1. The number of nitrogens with one attached hydrogen (secondary N) is 3. The highest BCUT2D eigenvalue weighted by molar-refractivity contribution is 5.75. The molecule has 3 aliphatic rings. The summed E-state index contributed by atoms with van der Waals surface area (Å²) in [4.78, 5) is 12.3. The van der Waals surface area contributed by atoms with Gasteiger partial charge in [-0.05, 0) is 24.6 Å². The van der Waals surface area contributed by atoms with Crippen LogP contribution in [0, 0.1) is 0 Å². The standard InChI is InChI=1S/C19H25N7O2/c27-17(23-25-7-9-28-10-8-25)13-26-12-14(22-24-26)11-19-5-6-20-18(19)21-16-4-2-1-3-15(16)19/h1-4,12,18,20-21H,5-11,13H2,(H,23,27)/t18-,19-/m1/s1. The van der Waals surface area contributed by atoms with Gasteiger partial charge in [0.2, 0.25) is 0 Å². The number of fused-ring (bicyclic) bond motifs is 3. The number of hydrogen-bond acceptors (Lipinski definition) is 7. The van der Waals surface area contributed by atoms with E-state index in [1.807, 2.05) is 11.2 Å². The van der Waals surface area contributed by atoms with Gasteiger partial charge < -0.3 is 10.1 Å².